The van der Waals surface area contributed by atoms with Crippen LogP contribution in [-0.4, -0.2) is 24.2 Å². The van der Waals surface area contributed by atoms with Crippen LogP contribution >= 0.6 is 11.3 Å². The fraction of sp³-hybridized carbons (Fsp3) is 0.467. The Kier molecular flexibility index (Phi) is 4.17. The van der Waals surface area contributed by atoms with Crippen molar-refractivity contribution in [2.75, 3.05) is 13.7 Å². The molecule has 1 aromatic carbocycles. The van der Waals surface area contributed by atoms with Crippen LogP contribution in [0, 0.1) is 11.7 Å². The Balaban J connectivity index is 2.06. The van der Waals surface area contributed by atoms with E-state index in [1.807, 2.05) is 4.57 Å². The molecule has 1 aromatic heterocycles. The maximum Gasteiger partial charge on any atom is 0.251 e. The third-order valence-electron chi connectivity index (χ3n) is 3.82. The average molecular weight is 308 g/mol. The van der Waals surface area contributed by atoms with Gasteiger partial charge in [-0.25, -0.2) is 4.39 Å². The van der Waals surface area contributed by atoms with Crippen molar-refractivity contribution in [2.24, 2.45) is 10.9 Å². The number of thiazole rings is 1. The third kappa shape index (κ3) is 2.91. The first-order valence-electron chi connectivity index (χ1n) is 7.05. The predicted octanol–water partition coefficient (Wildman–Crippen LogP) is 2.72. The first-order valence-corrected chi connectivity index (χ1v) is 7.87. The van der Waals surface area contributed by atoms with E-state index < -0.39 is 0 Å². The van der Waals surface area contributed by atoms with Crippen molar-refractivity contribution in [3.05, 3.63) is 28.8 Å². The molecule has 0 saturated heterocycles. The molecule has 1 amide bonds. The smallest absolute Gasteiger partial charge is 0.251 e. The number of carbonyl (C=O) groups excluding carboxylic acids is 1. The number of benzene rings is 1. The van der Waals surface area contributed by atoms with Gasteiger partial charge in [0, 0.05) is 19.6 Å². The third-order valence-corrected chi connectivity index (χ3v) is 4.87. The molecule has 1 fully saturated rings. The summed E-state index contributed by atoms with van der Waals surface area (Å²) in [7, 11) is 1.63. The number of methoxy groups -OCH3 is 1. The number of amides is 1. The van der Waals surface area contributed by atoms with Gasteiger partial charge in [-0.2, -0.15) is 4.99 Å². The Labute approximate surface area is 125 Å². The summed E-state index contributed by atoms with van der Waals surface area (Å²) in [6.45, 7) is 1.12. The van der Waals surface area contributed by atoms with Crippen LogP contribution in [0.1, 0.15) is 19.3 Å². The first kappa shape index (κ1) is 14.4. The molecule has 1 aliphatic rings. The number of aromatic nitrogens is 1. The summed E-state index contributed by atoms with van der Waals surface area (Å²) in [5.41, 5.74) is 0.888. The Morgan fingerprint density at radius 1 is 1.52 bits per heavy atom. The lowest BCUT2D eigenvalue weighted by atomic mass is 9.85. The highest BCUT2D eigenvalue weighted by molar-refractivity contribution is 7.16. The van der Waals surface area contributed by atoms with Gasteiger partial charge >= 0.3 is 0 Å². The summed E-state index contributed by atoms with van der Waals surface area (Å²) in [6.07, 6.45) is 2.97. The SMILES string of the molecule is COCCn1c(=NC(=O)C2CCC2)sc2cc(F)ccc21. The topological polar surface area (TPSA) is 43.6 Å². The molecule has 2 aromatic rings. The van der Waals surface area contributed by atoms with E-state index in [0.29, 0.717) is 18.0 Å². The fourth-order valence-corrected chi connectivity index (χ4v) is 3.46. The molecule has 6 heteroatoms. The second kappa shape index (κ2) is 6.07. The average Bonchev–Trinajstić information content (AvgIpc) is 2.70. The zero-order valence-corrected chi connectivity index (χ0v) is 12.7. The van der Waals surface area contributed by atoms with Crippen molar-refractivity contribution in [3.8, 4) is 0 Å². The van der Waals surface area contributed by atoms with Gasteiger partial charge in [-0.1, -0.05) is 17.8 Å². The molecule has 0 N–H and O–H groups in total. The number of ether oxygens (including phenoxy) is 1. The molecule has 112 valence electrons. The van der Waals surface area contributed by atoms with Gasteiger partial charge in [0.2, 0.25) is 0 Å². The van der Waals surface area contributed by atoms with E-state index in [0.717, 1.165) is 29.5 Å². The number of rotatable bonds is 4. The minimum Gasteiger partial charge on any atom is -0.383 e. The summed E-state index contributed by atoms with van der Waals surface area (Å²) < 4.78 is 21.2. The molecule has 0 spiro atoms. The van der Waals surface area contributed by atoms with E-state index in [4.69, 9.17) is 4.74 Å². The summed E-state index contributed by atoms with van der Waals surface area (Å²) in [4.78, 5) is 17.0. The molecule has 1 heterocycles. The highest BCUT2D eigenvalue weighted by Crippen LogP contribution is 2.27. The van der Waals surface area contributed by atoms with Crippen molar-refractivity contribution in [3.63, 3.8) is 0 Å². The van der Waals surface area contributed by atoms with E-state index >= 15 is 0 Å². The van der Waals surface area contributed by atoms with Crippen LogP contribution in [0.3, 0.4) is 0 Å². The Bertz CT molecular complexity index is 731. The molecule has 21 heavy (non-hydrogen) atoms. The van der Waals surface area contributed by atoms with Crippen molar-refractivity contribution < 1.29 is 13.9 Å². The number of hydrogen-bond donors (Lipinski definition) is 0. The molecule has 4 nitrogen and oxygen atoms in total. The van der Waals surface area contributed by atoms with Crippen molar-refractivity contribution in [1.82, 2.24) is 4.57 Å². The number of carbonyl (C=O) groups is 1. The van der Waals surface area contributed by atoms with Crippen molar-refractivity contribution >= 4 is 27.5 Å². The minimum absolute atomic E-state index is 0.0561. The number of hydrogen-bond acceptors (Lipinski definition) is 3. The van der Waals surface area contributed by atoms with E-state index in [-0.39, 0.29) is 17.6 Å². The van der Waals surface area contributed by atoms with E-state index in [9.17, 15) is 9.18 Å². The van der Waals surface area contributed by atoms with Crippen LogP contribution in [0.4, 0.5) is 4.39 Å². The van der Waals surface area contributed by atoms with Crippen molar-refractivity contribution in [2.45, 2.75) is 25.8 Å². The van der Waals surface area contributed by atoms with Gasteiger partial charge in [0.05, 0.1) is 16.8 Å². The summed E-state index contributed by atoms with van der Waals surface area (Å²) in [5, 5.41) is 0. The van der Waals surface area contributed by atoms with Gasteiger partial charge in [0.1, 0.15) is 5.82 Å². The first-order chi connectivity index (χ1) is 10.2. The summed E-state index contributed by atoms with van der Waals surface area (Å²) in [6, 6.07) is 4.63. The maximum absolute atomic E-state index is 13.4. The standard InChI is InChI=1S/C15H17FN2O2S/c1-20-8-7-18-12-6-5-11(16)9-13(12)21-15(18)17-14(19)10-3-2-4-10/h5-6,9-10H,2-4,7-8H2,1H3. The number of nitrogens with zero attached hydrogens (tertiary/aromatic N) is 2. The van der Waals surface area contributed by atoms with Crippen LogP contribution < -0.4 is 4.80 Å². The van der Waals surface area contributed by atoms with Crippen LogP contribution in [0.25, 0.3) is 10.2 Å². The van der Waals surface area contributed by atoms with Gasteiger partial charge < -0.3 is 9.30 Å². The molecule has 1 aliphatic carbocycles. The van der Waals surface area contributed by atoms with E-state index in [1.165, 1.54) is 23.5 Å². The second-order valence-electron chi connectivity index (χ2n) is 5.22. The number of fused-ring (bicyclic) bond motifs is 1. The van der Waals surface area contributed by atoms with Gasteiger partial charge in [-0.05, 0) is 31.0 Å². The van der Waals surface area contributed by atoms with Gasteiger partial charge in [-0.15, -0.1) is 0 Å². The quantitative estimate of drug-likeness (QED) is 0.871. The lowest BCUT2D eigenvalue weighted by molar-refractivity contribution is -0.124. The Morgan fingerprint density at radius 3 is 3.00 bits per heavy atom. The molecular formula is C15H17FN2O2S. The molecule has 0 atom stereocenters. The fourth-order valence-electron chi connectivity index (χ4n) is 2.37. The van der Waals surface area contributed by atoms with Gasteiger partial charge in [-0.3, -0.25) is 4.79 Å². The van der Waals surface area contributed by atoms with Crippen LogP contribution in [0.5, 0.6) is 0 Å². The van der Waals surface area contributed by atoms with Crippen molar-refractivity contribution in [1.29, 1.82) is 0 Å². The van der Waals surface area contributed by atoms with Gasteiger partial charge in [0.25, 0.3) is 5.91 Å². The van der Waals surface area contributed by atoms with E-state index in [1.54, 1.807) is 13.2 Å². The zero-order chi connectivity index (χ0) is 14.8. The molecule has 1 saturated carbocycles. The highest BCUT2D eigenvalue weighted by Gasteiger charge is 2.25. The lowest BCUT2D eigenvalue weighted by Crippen LogP contribution is -2.25. The highest BCUT2D eigenvalue weighted by atomic mass is 32.1. The molecule has 0 radical (unpaired) electrons. The minimum atomic E-state index is -0.278. The molecular weight excluding hydrogens is 291 g/mol. The van der Waals surface area contributed by atoms with Crippen LogP contribution in [0.15, 0.2) is 23.2 Å². The maximum atomic E-state index is 13.4. The molecule has 0 unspecified atom stereocenters. The van der Waals surface area contributed by atoms with Crippen LogP contribution in [0.2, 0.25) is 0 Å². The largest absolute Gasteiger partial charge is 0.383 e. The lowest BCUT2D eigenvalue weighted by Gasteiger charge is -2.20. The van der Waals surface area contributed by atoms with E-state index in [2.05, 4.69) is 4.99 Å². The second-order valence-corrected chi connectivity index (χ2v) is 6.23. The normalized spacial score (nSPS) is 16.4. The molecule has 0 bridgehead atoms. The Hall–Kier alpha value is -1.53. The molecule has 3 rings (SSSR count). The molecule has 0 aliphatic heterocycles. The summed E-state index contributed by atoms with van der Waals surface area (Å²) >= 11 is 1.35. The van der Waals surface area contributed by atoms with Crippen LogP contribution in [-0.2, 0) is 16.1 Å². The number of halogens is 1. The van der Waals surface area contributed by atoms with Gasteiger partial charge in [0.15, 0.2) is 4.80 Å². The zero-order valence-electron chi connectivity index (χ0n) is 11.8. The monoisotopic (exact) mass is 308 g/mol. The Morgan fingerprint density at radius 2 is 2.33 bits per heavy atom. The predicted molar refractivity (Wildman–Crippen MR) is 79.6 cm³/mol. The summed E-state index contributed by atoms with van der Waals surface area (Å²) in [5.74, 6) is -0.262.